The summed E-state index contributed by atoms with van der Waals surface area (Å²) in [5.41, 5.74) is 2.56. The minimum atomic E-state index is 1.00. The second-order valence-corrected chi connectivity index (χ2v) is 4.41. The highest BCUT2D eigenvalue weighted by Gasteiger charge is 2.19. The van der Waals surface area contributed by atoms with Gasteiger partial charge < -0.3 is 4.90 Å². The zero-order valence-electron chi connectivity index (χ0n) is 8.18. The lowest BCUT2D eigenvalue weighted by Gasteiger charge is -2.17. The number of hydrogen-bond donors (Lipinski definition) is 0. The molecule has 1 aliphatic heterocycles. The van der Waals surface area contributed by atoms with Gasteiger partial charge in [0.25, 0.3) is 0 Å². The van der Waals surface area contributed by atoms with Crippen LogP contribution in [0.1, 0.15) is 0 Å². The first-order valence-corrected chi connectivity index (χ1v) is 5.89. The van der Waals surface area contributed by atoms with Crippen LogP contribution in [0.3, 0.4) is 0 Å². The molecule has 0 saturated carbocycles. The van der Waals surface area contributed by atoms with E-state index in [0.717, 1.165) is 5.88 Å². The SMILES string of the molecule is [c]1ccc(N2CSc3ccccc32)cc1. The van der Waals surface area contributed by atoms with Crippen molar-refractivity contribution in [3.8, 4) is 0 Å². The Labute approximate surface area is 93.7 Å². The summed E-state index contributed by atoms with van der Waals surface area (Å²) in [5, 5.41) is 0. The smallest absolute Gasteiger partial charge is 0.0735 e. The molecule has 0 aromatic heterocycles. The van der Waals surface area contributed by atoms with E-state index in [1.165, 1.54) is 16.3 Å². The number of hydrogen-bond acceptors (Lipinski definition) is 2. The van der Waals surface area contributed by atoms with Gasteiger partial charge in [0.05, 0.1) is 11.6 Å². The van der Waals surface area contributed by atoms with Crippen LogP contribution < -0.4 is 4.90 Å². The molecule has 2 aromatic carbocycles. The minimum absolute atomic E-state index is 1.00. The number of rotatable bonds is 1. The van der Waals surface area contributed by atoms with Crippen LogP contribution in [0.4, 0.5) is 11.4 Å². The Morgan fingerprint density at radius 1 is 1.07 bits per heavy atom. The van der Waals surface area contributed by atoms with Crippen molar-refractivity contribution in [1.82, 2.24) is 0 Å². The number of para-hydroxylation sites is 1. The Balaban J connectivity index is 2.05. The van der Waals surface area contributed by atoms with Gasteiger partial charge in [0.1, 0.15) is 0 Å². The van der Waals surface area contributed by atoms with Crippen LogP contribution in [-0.2, 0) is 0 Å². The summed E-state index contributed by atoms with van der Waals surface area (Å²) in [6.07, 6.45) is 0. The minimum Gasteiger partial charge on any atom is -0.330 e. The molecule has 0 bridgehead atoms. The molecule has 1 nitrogen and oxygen atoms in total. The first kappa shape index (κ1) is 8.86. The van der Waals surface area contributed by atoms with E-state index in [1.807, 2.05) is 23.9 Å². The fourth-order valence-corrected chi connectivity index (χ4v) is 2.83. The molecule has 1 aliphatic rings. The highest BCUT2D eigenvalue weighted by atomic mass is 32.2. The molecule has 0 saturated heterocycles. The van der Waals surface area contributed by atoms with Crippen LogP contribution >= 0.6 is 11.8 Å². The van der Waals surface area contributed by atoms with Crippen LogP contribution in [0.5, 0.6) is 0 Å². The van der Waals surface area contributed by atoms with Gasteiger partial charge in [-0.15, -0.1) is 11.8 Å². The molecular weight excluding hydrogens is 202 g/mol. The lowest BCUT2D eigenvalue weighted by molar-refractivity contribution is 1.18. The van der Waals surface area contributed by atoms with Crippen LogP contribution in [-0.4, -0.2) is 5.88 Å². The van der Waals surface area contributed by atoms with E-state index in [-0.39, 0.29) is 0 Å². The standard InChI is InChI=1S/C13H10NS/c1-2-6-11(7-3-1)14-10-15-13-9-5-4-8-12(13)14/h2-9H,10H2. The molecule has 3 rings (SSSR count). The third-order valence-corrected chi connectivity index (χ3v) is 3.56. The normalized spacial score (nSPS) is 14.0. The summed E-state index contributed by atoms with van der Waals surface area (Å²) in [5.74, 6) is 1.00. The predicted octanol–water partition coefficient (Wildman–Crippen LogP) is 3.69. The van der Waals surface area contributed by atoms with E-state index in [0.29, 0.717) is 0 Å². The summed E-state index contributed by atoms with van der Waals surface area (Å²) in [6, 6.07) is 19.7. The second-order valence-electron chi connectivity index (χ2n) is 3.43. The summed E-state index contributed by atoms with van der Waals surface area (Å²) in [7, 11) is 0. The Morgan fingerprint density at radius 2 is 1.87 bits per heavy atom. The monoisotopic (exact) mass is 212 g/mol. The topological polar surface area (TPSA) is 3.24 Å². The molecule has 15 heavy (non-hydrogen) atoms. The van der Waals surface area contributed by atoms with Gasteiger partial charge in [-0.3, -0.25) is 0 Å². The zero-order valence-corrected chi connectivity index (χ0v) is 9.00. The number of nitrogens with zero attached hydrogens (tertiary/aromatic N) is 1. The maximum absolute atomic E-state index is 3.05. The third kappa shape index (κ3) is 1.51. The van der Waals surface area contributed by atoms with Crippen molar-refractivity contribution in [2.45, 2.75) is 4.90 Å². The average molecular weight is 212 g/mol. The quantitative estimate of drug-likeness (QED) is 0.709. The van der Waals surface area contributed by atoms with E-state index >= 15 is 0 Å². The zero-order chi connectivity index (χ0) is 10.1. The molecule has 0 atom stereocenters. The van der Waals surface area contributed by atoms with Crippen LogP contribution in [0.2, 0.25) is 0 Å². The summed E-state index contributed by atoms with van der Waals surface area (Å²) >= 11 is 1.89. The van der Waals surface area contributed by atoms with Crippen molar-refractivity contribution in [2.75, 3.05) is 10.8 Å². The molecule has 73 valence electrons. The highest BCUT2D eigenvalue weighted by molar-refractivity contribution is 7.99. The van der Waals surface area contributed by atoms with Gasteiger partial charge in [-0.05, 0) is 30.3 Å². The number of benzene rings is 2. The fraction of sp³-hybridized carbons (Fsp3) is 0.0769. The Hall–Kier alpha value is -1.41. The molecule has 0 fully saturated rings. The van der Waals surface area contributed by atoms with Crippen molar-refractivity contribution >= 4 is 23.1 Å². The molecular formula is C13H10NS. The lowest BCUT2D eigenvalue weighted by Crippen LogP contribution is -2.10. The van der Waals surface area contributed by atoms with Crippen molar-refractivity contribution in [3.05, 3.63) is 54.6 Å². The lowest BCUT2D eigenvalue weighted by atomic mass is 10.2. The van der Waals surface area contributed by atoms with E-state index in [9.17, 15) is 0 Å². The van der Waals surface area contributed by atoms with Crippen LogP contribution in [0.25, 0.3) is 0 Å². The summed E-state index contributed by atoms with van der Waals surface area (Å²) in [4.78, 5) is 3.69. The number of thioether (sulfide) groups is 1. The van der Waals surface area contributed by atoms with Gasteiger partial charge in [-0.2, -0.15) is 0 Å². The molecule has 0 amide bonds. The molecule has 0 unspecified atom stereocenters. The Bertz CT molecular complexity index is 467. The number of anilines is 2. The Kier molecular flexibility index (Phi) is 2.14. The molecule has 2 heteroatoms. The van der Waals surface area contributed by atoms with Crippen molar-refractivity contribution < 1.29 is 0 Å². The molecule has 2 aromatic rings. The van der Waals surface area contributed by atoms with Crippen molar-refractivity contribution in [3.63, 3.8) is 0 Å². The van der Waals surface area contributed by atoms with Crippen molar-refractivity contribution in [1.29, 1.82) is 0 Å². The van der Waals surface area contributed by atoms with E-state index < -0.39 is 0 Å². The second kappa shape index (κ2) is 3.63. The summed E-state index contributed by atoms with van der Waals surface area (Å²) in [6.45, 7) is 0. The molecule has 0 spiro atoms. The first-order chi connectivity index (χ1) is 7.45. The van der Waals surface area contributed by atoms with Crippen LogP contribution in [0.15, 0.2) is 53.4 Å². The largest absolute Gasteiger partial charge is 0.330 e. The van der Waals surface area contributed by atoms with Crippen LogP contribution in [0, 0.1) is 6.07 Å². The van der Waals surface area contributed by atoms with Crippen molar-refractivity contribution in [2.24, 2.45) is 0 Å². The summed E-state index contributed by atoms with van der Waals surface area (Å²) < 4.78 is 0. The number of fused-ring (bicyclic) bond motifs is 1. The maximum Gasteiger partial charge on any atom is 0.0735 e. The van der Waals surface area contributed by atoms with Gasteiger partial charge in [0.15, 0.2) is 0 Å². The molecule has 0 aliphatic carbocycles. The maximum atomic E-state index is 3.05. The predicted molar refractivity (Wildman–Crippen MR) is 64.6 cm³/mol. The first-order valence-electron chi connectivity index (χ1n) is 4.90. The molecule has 1 radical (unpaired) electrons. The third-order valence-electron chi connectivity index (χ3n) is 2.52. The fourth-order valence-electron chi connectivity index (χ4n) is 1.78. The molecule has 1 heterocycles. The van der Waals surface area contributed by atoms with Gasteiger partial charge in [0.2, 0.25) is 0 Å². The van der Waals surface area contributed by atoms with Gasteiger partial charge >= 0.3 is 0 Å². The van der Waals surface area contributed by atoms with E-state index in [4.69, 9.17) is 0 Å². The van der Waals surface area contributed by atoms with Gasteiger partial charge in [-0.1, -0.05) is 24.3 Å². The molecule has 0 N–H and O–H groups in total. The van der Waals surface area contributed by atoms with E-state index in [2.05, 4.69) is 47.4 Å². The van der Waals surface area contributed by atoms with Gasteiger partial charge in [-0.25, -0.2) is 0 Å². The van der Waals surface area contributed by atoms with E-state index in [1.54, 1.807) is 0 Å². The average Bonchev–Trinajstić information content (AvgIpc) is 2.74. The van der Waals surface area contributed by atoms with Gasteiger partial charge in [0, 0.05) is 10.6 Å². The Morgan fingerprint density at radius 3 is 2.73 bits per heavy atom. The highest BCUT2D eigenvalue weighted by Crippen LogP contribution is 2.42.